The van der Waals surface area contributed by atoms with Gasteiger partial charge in [-0.05, 0) is 33.1 Å². The van der Waals surface area contributed by atoms with Crippen LogP contribution in [0, 0.1) is 12.8 Å². The van der Waals surface area contributed by atoms with E-state index >= 15 is 0 Å². The number of hydrogen-bond donors (Lipinski definition) is 1. The van der Waals surface area contributed by atoms with Crippen molar-refractivity contribution in [2.45, 2.75) is 46.1 Å². The van der Waals surface area contributed by atoms with Gasteiger partial charge in [0.25, 0.3) is 0 Å². The lowest BCUT2D eigenvalue weighted by Crippen LogP contribution is -2.11. The van der Waals surface area contributed by atoms with Crippen molar-refractivity contribution in [1.82, 2.24) is 9.97 Å². The maximum absolute atomic E-state index is 5.58. The third-order valence-corrected chi connectivity index (χ3v) is 2.72. The molecule has 1 aromatic heterocycles. The van der Waals surface area contributed by atoms with E-state index in [1.807, 2.05) is 26.8 Å². The van der Waals surface area contributed by atoms with Crippen molar-refractivity contribution in [2.75, 3.05) is 11.9 Å². The SMILES string of the molecule is Cc1cc(OC(C)C)nc(NCCC2CC2)n1. The Morgan fingerprint density at radius 1 is 1.41 bits per heavy atom. The summed E-state index contributed by atoms with van der Waals surface area (Å²) in [7, 11) is 0. The molecule has 0 spiro atoms. The van der Waals surface area contributed by atoms with Crippen molar-refractivity contribution in [3.05, 3.63) is 11.8 Å². The van der Waals surface area contributed by atoms with Gasteiger partial charge >= 0.3 is 0 Å². The van der Waals surface area contributed by atoms with E-state index in [0.717, 1.165) is 18.2 Å². The van der Waals surface area contributed by atoms with Crippen LogP contribution in [-0.2, 0) is 0 Å². The quantitative estimate of drug-likeness (QED) is 0.823. The van der Waals surface area contributed by atoms with E-state index < -0.39 is 0 Å². The summed E-state index contributed by atoms with van der Waals surface area (Å²) in [6.07, 6.45) is 4.14. The minimum atomic E-state index is 0.142. The second-order valence-corrected chi connectivity index (χ2v) is 5.00. The first-order valence-electron chi connectivity index (χ1n) is 6.39. The molecular weight excluding hydrogens is 214 g/mol. The van der Waals surface area contributed by atoms with Crippen LogP contribution < -0.4 is 10.1 Å². The fraction of sp³-hybridized carbons (Fsp3) is 0.692. The van der Waals surface area contributed by atoms with Crippen molar-refractivity contribution in [2.24, 2.45) is 5.92 Å². The zero-order valence-electron chi connectivity index (χ0n) is 10.9. The second kappa shape index (κ2) is 5.34. The van der Waals surface area contributed by atoms with Gasteiger partial charge in [0, 0.05) is 18.3 Å². The topological polar surface area (TPSA) is 47.0 Å². The number of hydrogen-bond acceptors (Lipinski definition) is 4. The van der Waals surface area contributed by atoms with Gasteiger partial charge in [0.15, 0.2) is 0 Å². The lowest BCUT2D eigenvalue weighted by atomic mass is 10.3. The molecule has 1 aliphatic rings. The van der Waals surface area contributed by atoms with E-state index in [1.54, 1.807) is 0 Å². The molecule has 4 nitrogen and oxygen atoms in total. The summed E-state index contributed by atoms with van der Waals surface area (Å²) in [4.78, 5) is 8.70. The molecule has 1 aliphatic carbocycles. The Balaban J connectivity index is 1.92. The van der Waals surface area contributed by atoms with E-state index in [1.165, 1.54) is 19.3 Å². The Morgan fingerprint density at radius 3 is 2.82 bits per heavy atom. The Bertz CT molecular complexity index is 375. The van der Waals surface area contributed by atoms with Crippen LogP contribution in [0.25, 0.3) is 0 Å². The normalized spacial score (nSPS) is 15.1. The van der Waals surface area contributed by atoms with Gasteiger partial charge in [-0.2, -0.15) is 4.98 Å². The zero-order valence-corrected chi connectivity index (χ0v) is 10.9. The average molecular weight is 235 g/mol. The monoisotopic (exact) mass is 235 g/mol. The van der Waals surface area contributed by atoms with E-state index in [9.17, 15) is 0 Å². The number of rotatable bonds is 6. The van der Waals surface area contributed by atoms with Gasteiger partial charge in [-0.1, -0.05) is 12.8 Å². The third kappa shape index (κ3) is 4.21. The molecule has 0 amide bonds. The fourth-order valence-electron chi connectivity index (χ4n) is 1.72. The molecule has 0 aliphatic heterocycles. The number of nitrogens with one attached hydrogen (secondary N) is 1. The van der Waals surface area contributed by atoms with Crippen LogP contribution >= 0.6 is 0 Å². The summed E-state index contributed by atoms with van der Waals surface area (Å²) < 4.78 is 5.58. The molecule has 1 fully saturated rings. The molecular formula is C13H21N3O. The van der Waals surface area contributed by atoms with Crippen molar-refractivity contribution in [1.29, 1.82) is 0 Å². The zero-order chi connectivity index (χ0) is 12.3. The highest BCUT2D eigenvalue weighted by Crippen LogP contribution is 2.32. The predicted octanol–water partition coefficient (Wildman–Crippen LogP) is 2.78. The summed E-state index contributed by atoms with van der Waals surface area (Å²) in [6.45, 7) is 6.91. The molecule has 0 bridgehead atoms. The van der Waals surface area contributed by atoms with E-state index in [0.29, 0.717) is 11.8 Å². The van der Waals surface area contributed by atoms with Crippen molar-refractivity contribution >= 4 is 5.95 Å². The minimum Gasteiger partial charge on any atom is -0.475 e. The van der Waals surface area contributed by atoms with Crippen LogP contribution in [-0.4, -0.2) is 22.6 Å². The Hall–Kier alpha value is -1.32. The molecule has 1 heterocycles. The smallest absolute Gasteiger partial charge is 0.226 e. The van der Waals surface area contributed by atoms with Crippen LogP contribution in [0.15, 0.2) is 6.07 Å². The fourth-order valence-corrected chi connectivity index (χ4v) is 1.72. The summed E-state index contributed by atoms with van der Waals surface area (Å²) in [5, 5.41) is 3.27. The number of anilines is 1. The molecule has 0 unspecified atom stereocenters. The van der Waals surface area contributed by atoms with Gasteiger partial charge in [-0.25, -0.2) is 4.98 Å². The first kappa shape index (κ1) is 12.1. The summed E-state index contributed by atoms with van der Waals surface area (Å²) in [5.41, 5.74) is 0.935. The summed E-state index contributed by atoms with van der Waals surface area (Å²) >= 11 is 0. The number of aryl methyl sites for hydroxylation is 1. The standard InChI is InChI=1S/C13H21N3O/c1-9(2)17-12-8-10(3)15-13(16-12)14-7-6-11-4-5-11/h8-9,11H,4-7H2,1-3H3,(H,14,15,16). The van der Waals surface area contributed by atoms with Crippen LogP contribution in [0.2, 0.25) is 0 Å². The predicted molar refractivity (Wildman–Crippen MR) is 68.4 cm³/mol. The first-order valence-corrected chi connectivity index (χ1v) is 6.39. The molecule has 2 rings (SSSR count). The van der Waals surface area contributed by atoms with Gasteiger partial charge in [0.1, 0.15) is 0 Å². The van der Waals surface area contributed by atoms with Crippen LogP contribution in [0.3, 0.4) is 0 Å². The summed E-state index contributed by atoms with van der Waals surface area (Å²) in [5.74, 6) is 2.27. The van der Waals surface area contributed by atoms with Gasteiger partial charge in [0.2, 0.25) is 11.8 Å². The molecule has 17 heavy (non-hydrogen) atoms. The molecule has 1 N–H and O–H groups in total. The number of aromatic nitrogens is 2. The second-order valence-electron chi connectivity index (χ2n) is 5.00. The molecule has 4 heteroatoms. The van der Waals surface area contributed by atoms with E-state index in [4.69, 9.17) is 4.74 Å². The van der Waals surface area contributed by atoms with Crippen molar-refractivity contribution in [3.8, 4) is 5.88 Å². The van der Waals surface area contributed by atoms with Crippen LogP contribution in [0.4, 0.5) is 5.95 Å². The first-order chi connectivity index (χ1) is 8.13. The molecule has 0 atom stereocenters. The highest BCUT2D eigenvalue weighted by atomic mass is 16.5. The average Bonchev–Trinajstić information content (AvgIpc) is 2.99. The van der Waals surface area contributed by atoms with Crippen molar-refractivity contribution < 1.29 is 4.74 Å². The summed E-state index contributed by atoms with van der Waals surface area (Å²) in [6, 6.07) is 1.87. The van der Waals surface area contributed by atoms with Crippen molar-refractivity contribution in [3.63, 3.8) is 0 Å². The molecule has 0 saturated heterocycles. The number of nitrogens with zero attached hydrogens (tertiary/aromatic N) is 2. The van der Waals surface area contributed by atoms with Gasteiger partial charge < -0.3 is 10.1 Å². The highest BCUT2D eigenvalue weighted by Gasteiger charge is 2.20. The van der Waals surface area contributed by atoms with Gasteiger partial charge in [-0.3, -0.25) is 0 Å². The van der Waals surface area contributed by atoms with E-state index in [2.05, 4.69) is 15.3 Å². The third-order valence-electron chi connectivity index (χ3n) is 2.72. The maximum Gasteiger partial charge on any atom is 0.226 e. The Kier molecular flexibility index (Phi) is 3.82. The maximum atomic E-state index is 5.58. The lowest BCUT2D eigenvalue weighted by Gasteiger charge is -2.11. The largest absolute Gasteiger partial charge is 0.475 e. The molecule has 94 valence electrons. The Morgan fingerprint density at radius 2 is 2.18 bits per heavy atom. The van der Waals surface area contributed by atoms with Gasteiger partial charge in [0.05, 0.1) is 6.10 Å². The highest BCUT2D eigenvalue weighted by molar-refractivity contribution is 5.30. The minimum absolute atomic E-state index is 0.142. The number of ether oxygens (including phenoxy) is 1. The molecule has 1 saturated carbocycles. The molecule has 1 aromatic rings. The van der Waals surface area contributed by atoms with E-state index in [-0.39, 0.29) is 6.10 Å². The lowest BCUT2D eigenvalue weighted by molar-refractivity contribution is 0.232. The van der Waals surface area contributed by atoms with Crippen LogP contribution in [0.5, 0.6) is 5.88 Å². The Labute approximate surface area is 103 Å². The van der Waals surface area contributed by atoms with Gasteiger partial charge in [-0.15, -0.1) is 0 Å². The molecule has 0 aromatic carbocycles. The molecule has 0 radical (unpaired) electrons. The van der Waals surface area contributed by atoms with Crippen LogP contribution in [0.1, 0.15) is 38.8 Å².